The third kappa shape index (κ3) is 7.02. The summed E-state index contributed by atoms with van der Waals surface area (Å²) < 4.78 is 0. The highest BCUT2D eigenvalue weighted by atomic mass is 15.3. The molecule has 1 heterocycles. The van der Waals surface area contributed by atoms with E-state index in [0.29, 0.717) is 5.92 Å². The molecule has 1 aliphatic heterocycles. The van der Waals surface area contributed by atoms with Crippen LogP contribution in [0.5, 0.6) is 0 Å². The van der Waals surface area contributed by atoms with Crippen LogP contribution in [-0.2, 0) is 0 Å². The van der Waals surface area contributed by atoms with Gasteiger partial charge in [-0.05, 0) is 27.2 Å². The van der Waals surface area contributed by atoms with Crippen molar-refractivity contribution in [2.75, 3.05) is 0 Å². The number of hydrazone groups is 1. The number of nitrogens with zero attached hydrogens (tertiary/aromatic N) is 3. The molecule has 0 aliphatic carbocycles. The van der Waals surface area contributed by atoms with Gasteiger partial charge in [0.05, 0.1) is 6.04 Å². The van der Waals surface area contributed by atoms with Crippen molar-refractivity contribution >= 4 is 17.9 Å². The second kappa shape index (κ2) is 9.27. The van der Waals surface area contributed by atoms with Crippen molar-refractivity contribution < 1.29 is 0 Å². The van der Waals surface area contributed by atoms with E-state index in [-0.39, 0.29) is 6.04 Å². The Morgan fingerprint density at radius 2 is 2.24 bits per heavy atom. The molecule has 0 aromatic carbocycles. The molecule has 2 unspecified atom stereocenters. The fraction of sp³-hybridized carbons (Fsp3) is 0.588. The van der Waals surface area contributed by atoms with Crippen molar-refractivity contribution in [1.29, 1.82) is 0 Å². The molecule has 0 spiro atoms. The number of hydrogen-bond donors (Lipinski definition) is 1. The maximum absolute atomic E-state index is 4.76. The average Bonchev–Trinajstić information content (AvgIpc) is 2.53. The van der Waals surface area contributed by atoms with Gasteiger partial charge < -0.3 is 0 Å². The van der Waals surface area contributed by atoms with Crippen LogP contribution in [0.15, 0.2) is 38.9 Å². The average molecular weight is 288 g/mol. The van der Waals surface area contributed by atoms with E-state index in [1.807, 2.05) is 6.21 Å². The molecule has 0 aromatic rings. The molecule has 1 aliphatic rings. The number of nitrogens with one attached hydrogen (secondary N) is 1. The van der Waals surface area contributed by atoms with Gasteiger partial charge in [-0.3, -0.25) is 10.4 Å². The SMILES string of the molecule is CCC1=NC(C(C)CC=CC=C(C)C)=NC(C)C/C=N/N1. The highest BCUT2D eigenvalue weighted by molar-refractivity contribution is 5.98. The third-order valence-corrected chi connectivity index (χ3v) is 3.16. The summed E-state index contributed by atoms with van der Waals surface area (Å²) in [6, 6.07) is 0.217. The number of hydrogen-bond acceptors (Lipinski definition) is 4. The van der Waals surface area contributed by atoms with Gasteiger partial charge in [0.15, 0.2) is 0 Å². The van der Waals surface area contributed by atoms with Crippen LogP contribution in [0.2, 0.25) is 0 Å². The minimum Gasteiger partial charge on any atom is -0.267 e. The molecule has 4 heteroatoms. The van der Waals surface area contributed by atoms with E-state index >= 15 is 0 Å². The van der Waals surface area contributed by atoms with Crippen molar-refractivity contribution in [2.45, 2.75) is 59.9 Å². The molecular weight excluding hydrogens is 260 g/mol. The lowest BCUT2D eigenvalue weighted by atomic mass is 10.1. The monoisotopic (exact) mass is 288 g/mol. The van der Waals surface area contributed by atoms with Gasteiger partial charge in [-0.1, -0.05) is 37.6 Å². The molecule has 0 saturated carbocycles. The van der Waals surface area contributed by atoms with Gasteiger partial charge in [-0.15, -0.1) is 0 Å². The van der Waals surface area contributed by atoms with E-state index < -0.39 is 0 Å². The van der Waals surface area contributed by atoms with Crippen LogP contribution in [0.3, 0.4) is 0 Å². The van der Waals surface area contributed by atoms with Gasteiger partial charge in [0.25, 0.3) is 0 Å². The first-order chi connectivity index (χ1) is 10.0. The fourth-order valence-corrected chi connectivity index (χ4v) is 1.84. The number of amidine groups is 2. The molecule has 21 heavy (non-hydrogen) atoms. The predicted molar refractivity (Wildman–Crippen MR) is 93.2 cm³/mol. The Labute approximate surface area is 128 Å². The van der Waals surface area contributed by atoms with E-state index in [2.05, 4.69) is 68.4 Å². The molecule has 2 atom stereocenters. The van der Waals surface area contributed by atoms with E-state index in [1.165, 1.54) is 5.57 Å². The Morgan fingerprint density at radius 3 is 2.90 bits per heavy atom. The minimum atomic E-state index is 0.217. The summed E-state index contributed by atoms with van der Waals surface area (Å²) in [5.41, 5.74) is 4.32. The van der Waals surface area contributed by atoms with Crippen LogP contribution in [-0.4, -0.2) is 23.9 Å². The standard InChI is InChI=1S/C17H28N4/c1-6-16-20-17(19-15(5)11-12-18-21-16)14(4)10-8-7-9-13(2)3/h7-9,12,14-15H,6,10-11H2,1-5H3,(H,19,20,21)/b8-7?,18-12+. The van der Waals surface area contributed by atoms with Crippen LogP contribution in [0.4, 0.5) is 0 Å². The first kappa shape index (κ1) is 17.3. The smallest absolute Gasteiger partial charge is 0.128 e. The summed E-state index contributed by atoms with van der Waals surface area (Å²) in [5, 5.41) is 4.18. The largest absolute Gasteiger partial charge is 0.267 e. The first-order valence-electron chi connectivity index (χ1n) is 7.75. The second-order valence-corrected chi connectivity index (χ2v) is 5.72. The van der Waals surface area contributed by atoms with Crippen LogP contribution >= 0.6 is 0 Å². The lowest BCUT2D eigenvalue weighted by Gasteiger charge is -2.12. The minimum absolute atomic E-state index is 0.217. The van der Waals surface area contributed by atoms with Crippen molar-refractivity contribution in [2.24, 2.45) is 21.0 Å². The summed E-state index contributed by atoms with van der Waals surface area (Å²) in [4.78, 5) is 9.43. The molecule has 0 fully saturated rings. The van der Waals surface area contributed by atoms with Gasteiger partial charge in [-0.25, -0.2) is 4.99 Å². The Morgan fingerprint density at radius 1 is 1.48 bits per heavy atom. The Kier molecular flexibility index (Phi) is 7.65. The molecular formula is C17H28N4. The van der Waals surface area contributed by atoms with E-state index in [4.69, 9.17) is 4.99 Å². The molecule has 1 rings (SSSR count). The highest BCUT2D eigenvalue weighted by Gasteiger charge is 2.12. The van der Waals surface area contributed by atoms with Crippen LogP contribution in [0.1, 0.15) is 53.9 Å². The summed E-state index contributed by atoms with van der Waals surface area (Å²) in [6.45, 7) is 10.5. The number of aliphatic imine (C=N–C) groups is 2. The normalized spacial score (nSPS) is 22.2. The van der Waals surface area contributed by atoms with Crippen molar-refractivity contribution in [3.63, 3.8) is 0 Å². The van der Waals surface area contributed by atoms with E-state index in [9.17, 15) is 0 Å². The first-order valence-corrected chi connectivity index (χ1v) is 7.75. The van der Waals surface area contributed by atoms with Gasteiger partial charge in [0.2, 0.25) is 0 Å². The molecule has 116 valence electrons. The van der Waals surface area contributed by atoms with Crippen LogP contribution < -0.4 is 5.43 Å². The fourth-order valence-electron chi connectivity index (χ4n) is 1.84. The van der Waals surface area contributed by atoms with Crippen molar-refractivity contribution in [1.82, 2.24) is 5.43 Å². The summed E-state index contributed by atoms with van der Waals surface area (Å²) in [5.74, 6) is 2.09. The van der Waals surface area contributed by atoms with Gasteiger partial charge in [-0.2, -0.15) is 5.10 Å². The number of allylic oxidation sites excluding steroid dienone is 4. The summed E-state index contributed by atoms with van der Waals surface area (Å²) >= 11 is 0. The molecule has 0 radical (unpaired) electrons. The summed E-state index contributed by atoms with van der Waals surface area (Å²) in [6.07, 6.45) is 10.9. The lowest BCUT2D eigenvalue weighted by molar-refractivity contribution is 0.732. The van der Waals surface area contributed by atoms with Gasteiger partial charge >= 0.3 is 0 Å². The van der Waals surface area contributed by atoms with Gasteiger partial charge in [0.1, 0.15) is 11.7 Å². The zero-order valence-corrected chi connectivity index (χ0v) is 13.9. The second-order valence-electron chi connectivity index (χ2n) is 5.72. The van der Waals surface area contributed by atoms with Crippen molar-refractivity contribution in [3.8, 4) is 0 Å². The topological polar surface area (TPSA) is 49.1 Å². The molecule has 0 aromatic heterocycles. The molecule has 0 saturated heterocycles. The Balaban J connectivity index is 2.83. The lowest BCUT2D eigenvalue weighted by Crippen LogP contribution is -2.20. The molecule has 0 bridgehead atoms. The third-order valence-electron chi connectivity index (χ3n) is 3.16. The van der Waals surface area contributed by atoms with Crippen molar-refractivity contribution in [3.05, 3.63) is 23.8 Å². The van der Waals surface area contributed by atoms with E-state index in [0.717, 1.165) is 30.9 Å². The van der Waals surface area contributed by atoms with Crippen LogP contribution in [0.25, 0.3) is 0 Å². The molecule has 1 N–H and O–H groups in total. The van der Waals surface area contributed by atoms with Gasteiger partial charge in [0, 0.05) is 25.0 Å². The van der Waals surface area contributed by atoms with Crippen LogP contribution in [0, 0.1) is 5.92 Å². The maximum Gasteiger partial charge on any atom is 0.128 e. The molecule has 0 amide bonds. The number of rotatable bonds is 5. The zero-order valence-electron chi connectivity index (χ0n) is 13.9. The Hall–Kier alpha value is -1.71. The molecule has 4 nitrogen and oxygen atoms in total. The predicted octanol–water partition coefficient (Wildman–Crippen LogP) is 4.11. The highest BCUT2D eigenvalue weighted by Crippen LogP contribution is 2.11. The zero-order chi connectivity index (χ0) is 15.7. The summed E-state index contributed by atoms with van der Waals surface area (Å²) in [7, 11) is 0. The maximum atomic E-state index is 4.76. The quantitative estimate of drug-likeness (QED) is 0.760. The Bertz CT molecular complexity index is 465. The van der Waals surface area contributed by atoms with E-state index in [1.54, 1.807) is 0 Å².